The van der Waals surface area contributed by atoms with Crippen LogP contribution < -0.4 is 16.0 Å². The zero-order chi connectivity index (χ0) is 18.9. The molecule has 152 valence electrons. The van der Waals surface area contributed by atoms with Crippen molar-refractivity contribution in [3.63, 3.8) is 0 Å². The highest BCUT2D eigenvalue weighted by molar-refractivity contribution is 14.0. The van der Waals surface area contributed by atoms with Gasteiger partial charge in [0.25, 0.3) is 0 Å². The van der Waals surface area contributed by atoms with Gasteiger partial charge in [-0.15, -0.1) is 24.0 Å². The van der Waals surface area contributed by atoms with Gasteiger partial charge in [-0.05, 0) is 51.6 Å². The van der Waals surface area contributed by atoms with Crippen LogP contribution in [-0.4, -0.2) is 50.5 Å². The SMILES string of the molecule is CCNC(=NCc1ccc(F)c(CN(C)C)c1)NCCNC(=O)C1CC1.I. The second-order valence-electron chi connectivity index (χ2n) is 6.85. The monoisotopic (exact) mass is 491 g/mol. The topological polar surface area (TPSA) is 68.8 Å². The summed E-state index contributed by atoms with van der Waals surface area (Å²) in [5, 5.41) is 9.30. The lowest BCUT2D eigenvalue weighted by molar-refractivity contribution is -0.122. The van der Waals surface area contributed by atoms with Crippen LogP contribution in [0.15, 0.2) is 23.2 Å². The minimum Gasteiger partial charge on any atom is -0.357 e. The van der Waals surface area contributed by atoms with E-state index in [2.05, 4.69) is 20.9 Å². The maximum Gasteiger partial charge on any atom is 0.223 e. The van der Waals surface area contributed by atoms with Gasteiger partial charge < -0.3 is 20.9 Å². The molecule has 6 nitrogen and oxygen atoms in total. The van der Waals surface area contributed by atoms with Crippen LogP contribution in [-0.2, 0) is 17.9 Å². The number of guanidine groups is 1. The van der Waals surface area contributed by atoms with Crippen LogP contribution in [0.3, 0.4) is 0 Å². The predicted molar refractivity (Wildman–Crippen MR) is 118 cm³/mol. The van der Waals surface area contributed by atoms with Gasteiger partial charge in [-0.1, -0.05) is 6.07 Å². The van der Waals surface area contributed by atoms with E-state index in [0.717, 1.165) is 24.9 Å². The molecule has 1 aliphatic carbocycles. The zero-order valence-electron chi connectivity index (χ0n) is 16.3. The first kappa shape index (κ1) is 23.6. The van der Waals surface area contributed by atoms with Gasteiger partial charge in [-0.2, -0.15) is 0 Å². The third-order valence-corrected chi connectivity index (χ3v) is 4.03. The summed E-state index contributed by atoms with van der Waals surface area (Å²) in [6.45, 7) is 4.95. The Bertz CT molecular complexity index is 635. The molecule has 0 bridgehead atoms. The van der Waals surface area contributed by atoms with E-state index >= 15 is 0 Å². The van der Waals surface area contributed by atoms with Crippen molar-refractivity contribution in [2.24, 2.45) is 10.9 Å². The number of nitrogens with zero attached hydrogens (tertiary/aromatic N) is 2. The fourth-order valence-corrected chi connectivity index (χ4v) is 2.56. The maximum atomic E-state index is 13.9. The molecule has 1 aliphatic rings. The summed E-state index contributed by atoms with van der Waals surface area (Å²) in [4.78, 5) is 18.1. The summed E-state index contributed by atoms with van der Waals surface area (Å²) in [5.41, 5.74) is 1.63. The molecular formula is C19H31FIN5O. The maximum absolute atomic E-state index is 13.9. The molecule has 0 saturated heterocycles. The lowest BCUT2D eigenvalue weighted by atomic mass is 10.1. The van der Waals surface area contributed by atoms with Gasteiger partial charge >= 0.3 is 0 Å². The fraction of sp³-hybridized carbons (Fsp3) is 0.579. The number of carbonyl (C=O) groups excluding carboxylic acids is 1. The molecule has 0 aromatic heterocycles. The molecule has 1 fully saturated rings. The Morgan fingerprint density at radius 2 is 1.93 bits per heavy atom. The molecular weight excluding hydrogens is 460 g/mol. The van der Waals surface area contributed by atoms with E-state index in [-0.39, 0.29) is 41.6 Å². The van der Waals surface area contributed by atoms with E-state index in [1.165, 1.54) is 6.07 Å². The number of nitrogens with one attached hydrogen (secondary N) is 3. The molecule has 2 rings (SSSR count). The van der Waals surface area contributed by atoms with Gasteiger partial charge in [0.05, 0.1) is 6.54 Å². The molecule has 27 heavy (non-hydrogen) atoms. The van der Waals surface area contributed by atoms with Gasteiger partial charge in [-0.25, -0.2) is 9.38 Å². The van der Waals surface area contributed by atoms with Crippen LogP contribution in [0.4, 0.5) is 4.39 Å². The summed E-state index contributed by atoms with van der Waals surface area (Å²) in [7, 11) is 3.83. The number of aliphatic imine (C=N–C) groups is 1. The molecule has 0 atom stereocenters. The molecule has 0 aliphatic heterocycles. The number of benzene rings is 1. The minimum atomic E-state index is -0.192. The lowest BCUT2D eigenvalue weighted by Gasteiger charge is -2.13. The first-order valence-electron chi connectivity index (χ1n) is 9.21. The number of hydrogen-bond acceptors (Lipinski definition) is 3. The third kappa shape index (κ3) is 8.87. The Hall–Kier alpha value is -1.42. The number of rotatable bonds is 9. The Labute approximate surface area is 178 Å². The van der Waals surface area contributed by atoms with E-state index in [0.29, 0.717) is 37.7 Å². The molecule has 8 heteroatoms. The first-order chi connectivity index (χ1) is 12.5. The second kappa shape index (κ2) is 12.1. The Balaban J connectivity index is 0.00000364. The van der Waals surface area contributed by atoms with Crippen LogP contribution in [0.1, 0.15) is 30.9 Å². The van der Waals surface area contributed by atoms with Crippen molar-refractivity contribution in [2.75, 3.05) is 33.7 Å². The van der Waals surface area contributed by atoms with Gasteiger partial charge in [0.1, 0.15) is 5.82 Å². The average Bonchev–Trinajstić information content (AvgIpc) is 3.43. The highest BCUT2D eigenvalue weighted by atomic mass is 127. The van der Waals surface area contributed by atoms with Crippen LogP contribution in [0.25, 0.3) is 0 Å². The van der Waals surface area contributed by atoms with Crippen molar-refractivity contribution in [3.05, 3.63) is 35.1 Å². The fourth-order valence-electron chi connectivity index (χ4n) is 2.56. The molecule has 0 heterocycles. The van der Waals surface area contributed by atoms with Gasteiger partial charge in [0, 0.05) is 37.7 Å². The normalized spacial score (nSPS) is 13.9. The van der Waals surface area contributed by atoms with Gasteiger partial charge in [-0.3, -0.25) is 4.79 Å². The van der Waals surface area contributed by atoms with Crippen molar-refractivity contribution in [2.45, 2.75) is 32.9 Å². The van der Waals surface area contributed by atoms with Crippen molar-refractivity contribution in [3.8, 4) is 0 Å². The highest BCUT2D eigenvalue weighted by Gasteiger charge is 2.28. The first-order valence-corrected chi connectivity index (χ1v) is 9.21. The second-order valence-corrected chi connectivity index (χ2v) is 6.85. The van der Waals surface area contributed by atoms with E-state index in [1.54, 1.807) is 6.07 Å². The van der Waals surface area contributed by atoms with Crippen LogP contribution in [0, 0.1) is 11.7 Å². The Morgan fingerprint density at radius 1 is 1.22 bits per heavy atom. The van der Waals surface area contributed by atoms with Gasteiger partial charge in [0.2, 0.25) is 5.91 Å². The molecule has 0 spiro atoms. The number of amides is 1. The highest BCUT2D eigenvalue weighted by Crippen LogP contribution is 2.28. The number of hydrogen-bond donors (Lipinski definition) is 3. The molecule has 1 aromatic carbocycles. The lowest BCUT2D eigenvalue weighted by Crippen LogP contribution is -2.41. The van der Waals surface area contributed by atoms with Crippen molar-refractivity contribution in [1.29, 1.82) is 0 Å². The standard InChI is InChI=1S/C19H30FN5O.HI/c1-4-21-19(23-10-9-22-18(26)15-6-7-15)24-12-14-5-8-17(20)16(11-14)13-25(2)3;/h5,8,11,15H,4,6-7,9-10,12-13H2,1-3H3,(H,22,26)(H2,21,23,24);1H. The van der Waals surface area contributed by atoms with E-state index in [4.69, 9.17) is 0 Å². The van der Waals surface area contributed by atoms with Crippen molar-refractivity contribution in [1.82, 2.24) is 20.9 Å². The average molecular weight is 491 g/mol. The van der Waals surface area contributed by atoms with Crippen molar-refractivity contribution < 1.29 is 9.18 Å². The molecule has 1 saturated carbocycles. The van der Waals surface area contributed by atoms with Crippen molar-refractivity contribution >= 4 is 35.8 Å². The van der Waals surface area contributed by atoms with Crippen LogP contribution >= 0.6 is 24.0 Å². The summed E-state index contributed by atoms with van der Waals surface area (Å²) in [6, 6.07) is 5.12. The third-order valence-electron chi connectivity index (χ3n) is 4.03. The summed E-state index contributed by atoms with van der Waals surface area (Å²) < 4.78 is 13.9. The summed E-state index contributed by atoms with van der Waals surface area (Å²) in [6.07, 6.45) is 2.02. The molecule has 1 amide bonds. The zero-order valence-corrected chi connectivity index (χ0v) is 18.7. The van der Waals surface area contributed by atoms with Gasteiger partial charge in [0.15, 0.2) is 5.96 Å². The van der Waals surface area contributed by atoms with Crippen LogP contribution in [0.2, 0.25) is 0 Å². The summed E-state index contributed by atoms with van der Waals surface area (Å²) in [5.74, 6) is 0.870. The largest absolute Gasteiger partial charge is 0.357 e. The Morgan fingerprint density at radius 3 is 2.56 bits per heavy atom. The minimum absolute atomic E-state index is 0. The summed E-state index contributed by atoms with van der Waals surface area (Å²) >= 11 is 0. The molecule has 1 aromatic rings. The number of halogens is 2. The molecule has 3 N–H and O–H groups in total. The molecule has 0 radical (unpaired) electrons. The quantitative estimate of drug-likeness (QED) is 0.214. The van der Waals surface area contributed by atoms with E-state index in [1.807, 2.05) is 32.0 Å². The Kier molecular flexibility index (Phi) is 10.6. The smallest absolute Gasteiger partial charge is 0.223 e. The predicted octanol–water partition coefficient (Wildman–Crippen LogP) is 2.09. The molecule has 0 unspecified atom stereocenters. The van der Waals surface area contributed by atoms with E-state index in [9.17, 15) is 9.18 Å². The van der Waals surface area contributed by atoms with Crippen LogP contribution in [0.5, 0.6) is 0 Å². The number of carbonyl (C=O) groups is 1. The van der Waals surface area contributed by atoms with E-state index < -0.39 is 0 Å².